The largest absolute Gasteiger partial charge is 0.340 e. The van der Waals surface area contributed by atoms with Crippen molar-refractivity contribution in [2.24, 2.45) is 5.73 Å². The Morgan fingerprint density at radius 3 is 3.04 bits per heavy atom. The summed E-state index contributed by atoms with van der Waals surface area (Å²) < 4.78 is 22.1. The Morgan fingerprint density at radius 1 is 1.52 bits per heavy atom. The van der Waals surface area contributed by atoms with E-state index in [4.69, 9.17) is 10.3 Å². The molecule has 1 amide bonds. The van der Waals surface area contributed by atoms with Crippen molar-refractivity contribution in [2.45, 2.75) is 24.3 Å². The van der Waals surface area contributed by atoms with Gasteiger partial charge in [0, 0.05) is 53.0 Å². The van der Waals surface area contributed by atoms with E-state index in [0.717, 1.165) is 32.3 Å². The van der Waals surface area contributed by atoms with E-state index in [1.54, 1.807) is 24.4 Å². The highest BCUT2D eigenvalue weighted by Crippen LogP contribution is 2.27. The first-order valence-electron chi connectivity index (χ1n) is 8.11. The van der Waals surface area contributed by atoms with Gasteiger partial charge in [-0.2, -0.15) is 0 Å². The topological polar surface area (TPSA) is 91.5 Å². The molecule has 4 N–H and O–H groups in total. The molecule has 1 atom stereocenters. The van der Waals surface area contributed by atoms with Crippen molar-refractivity contribution in [3.05, 3.63) is 36.4 Å². The maximum atomic E-state index is 13.2. The predicted molar refractivity (Wildman–Crippen MR) is 97.9 cm³/mol. The average Bonchev–Trinajstić information content (AvgIpc) is 2.86. The molecule has 8 heteroatoms. The lowest BCUT2D eigenvalue weighted by Gasteiger charge is -2.21. The first kappa shape index (κ1) is 19.6. The number of aromatic nitrogens is 1. The van der Waals surface area contributed by atoms with Crippen molar-refractivity contribution >= 4 is 28.7 Å². The van der Waals surface area contributed by atoms with Crippen LogP contribution in [0.2, 0.25) is 0 Å². The molecular weight excluding hydrogens is 343 g/mol. The van der Waals surface area contributed by atoms with Crippen LogP contribution in [0.15, 0.2) is 35.5 Å². The fourth-order valence-electron chi connectivity index (χ4n) is 2.70. The van der Waals surface area contributed by atoms with Crippen LogP contribution in [0.3, 0.4) is 0 Å². The van der Waals surface area contributed by atoms with E-state index in [2.05, 4.69) is 17.2 Å². The summed E-state index contributed by atoms with van der Waals surface area (Å²) in [7, 11) is 0. The molecule has 1 aliphatic heterocycles. The molecule has 1 aliphatic rings. The van der Waals surface area contributed by atoms with Gasteiger partial charge in [0.1, 0.15) is 0 Å². The van der Waals surface area contributed by atoms with E-state index in [1.165, 1.54) is 0 Å². The second-order valence-corrected chi connectivity index (χ2v) is 6.44. The minimum atomic E-state index is -0.408. The van der Waals surface area contributed by atoms with E-state index >= 15 is 0 Å². The van der Waals surface area contributed by atoms with Crippen molar-refractivity contribution in [3.8, 4) is 0 Å². The Kier molecular flexibility index (Phi) is 7.57. The minimum Gasteiger partial charge on any atom is -0.340 e. The van der Waals surface area contributed by atoms with Crippen molar-refractivity contribution in [3.63, 3.8) is 0 Å². The molecule has 0 bridgehead atoms. The van der Waals surface area contributed by atoms with Crippen LogP contribution >= 0.6 is 12.0 Å². The van der Waals surface area contributed by atoms with Gasteiger partial charge in [0.05, 0.1) is 12.7 Å². The number of hydrogen-bond donors (Lipinski definition) is 3. The fourth-order valence-corrected chi connectivity index (χ4v) is 3.14. The number of pyridine rings is 1. The van der Waals surface area contributed by atoms with Gasteiger partial charge in [-0.15, -0.1) is 0 Å². The summed E-state index contributed by atoms with van der Waals surface area (Å²) in [6.45, 7) is 4.84. The van der Waals surface area contributed by atoms with Gasteiger partial charge in [-0.3, -0.25) is 9.78 Å². The lowest BCUT2D eigenvalue weighted by atomic mass is 10.2. The summed E-state index contributed by atoms with van der Waals surface area (Å²) >= 11 is 0.545. The maximum absolute atomic E-state index is 13.2. The van der Waals surface area contributed by atoms with Crippen LogP contribution in [0.1, 0.15) is 13.3 Å². The maximum Gasteiger partial charge on any atom is 0.236 e. The highest BCUT2D eigenvalue weighted by Gasteiger charge is 2.17. The predicted octanol–water partition coefficient (Wildman–Crippen LogP) is 2.09. The number of rotatable bonds is 2. The van der Waals surface area contributed by atoms with Gasteiger partial charge in [-0.25, -0.2) is 4.39 Å². The van der Waals surface area contributed by atoms with Crippen molar-refractivity contribution in [2.75, 3.05) is 26.2 Å². The molecule has 1 aromatic heterocycles. The van der Waals surface area contributed by atoms with Crippen molar-refractivity contribution in [1.29, 1.82) is 0 Å². The molecule has 2 heterocycles. The SMILES string of the molecule is CC1CN(C(=O)CN)CCCN1.OSc1cccc2cncc(F)c12. The highest BCUT2D eigenvalue weighted by atomic mass is 32.2. The molecule has 0 radical (unpaired) electrons. The normalized spacial score (nSPS) is 17.6. The molecular formula is C17H23FN4O2S. The van der Waals surface area contributed by atoms with Gasteiger partial charge in [-0.05, 0) is 26.0 Å². The van der Waals surface area contributed by atoms with E-state index in [0.29, 0.717) is 33.8 Å². The van der Waals surface area contributed by atoms with Crippen LogP contribution in [0.25, 0.3) is 10.8 Å². The highest BCUT2D eigenvalue weighted by molar-refractivity contribution is 7.94. The number of halogens is 1. The summed E-state index contributed by atoms with van der Waals surface area (Å²) in [6, 6.07) is 5.56. The molecule has 3 rings (SSSR count). The van der Waals surface area contributed by atoms with Crippen LogP contribution in [-0.4, -0.2) is 52.6 Å². The lowest BCUT2D eigenvalue weighted by Crippen LogP contribution is -2.41. The molecule has 0 saturated carbocycles. The Balaban J connectivity index is 0.000000181. The number of carbonyl (C=O) groups excluding carboxylic acids is 1. The zero-order valence-corrected chi connectivity index (χ0v) is 14.9. The molecule has 136 valence electrons. The molecule has 1 fully saturated rings. The van der Waals surface area contributed by atoms with Crippen LogP contribution in [0, 0.1) is 5.82 Å². The second-order valence-electron chi connectivity index (χ2n) is 5.82. The standard InChI is InChI=1S/C9H6FNOS.C8H17N3O/c10-7-5-11-4-6-2-1-3-8(13-12)9(6)7;1-7-6-11(8(12)5-9)4-2-3-10-7/h1-5,12H;7,10H,2-6,9H2,1H3. The zero-order chi connectivity index (χ0) is 18.2. The van der Waals surface area contributed by atoms with Gasteiger partial charge in [0.15, 0.2) is 5.82 Å². The lowest BCUT2D eigenvalue weighted by molar-refractivity contribution is -0.129. The molecule has 2 aromatic rings. The first-order chi connectivity index (χ1) is 12.1. The van der Waals surface area contributed by atoms with Gasteiger partial charge < -0.3 is 20.5 Å². The van der Waals surface area contributed by atoms with Crippen molar-refractivity contribution < 1.29 is 13.7 Å². The van der Waals surface area contributed by atoms with Gasteiger partial charge >= 0.3 is 0 Å². The number of nitrogens with two attached hydrogens (primary N) is 1. The van der Waals surface area contributed by atoms with Crippen LogP contribution < -0.4 is 11.1 Å². The van der Waals surface area contributed by atoms with Gasteiger partial charge in [0.25, 0.3) is 0 Å². The number of benzene rings is 1. The van der Waals surface area contributed by atoms with Crippen LogP contribution in [-0.2, 0) is 4.79 Å². The summed E-state index contributed by atoms with van der Waals surface area (Å²) in [5.74, 6) is -0.347. The minimum absolute atomic E-state index is 0.0607. The molecule has 0 aliphatic carbocycles. The third-order valence-electron chi connectivity index (χ3n) is 3.92. The first-order valence-corrected chi connectivity index (χ1v) is 8.89. The van der Waals surface area contributed by atoms with E-state index in [-0.39, 0.29) is 12.5 Å². The molecule has 6 nitrogen and oxygen atoms in total. The Morgan fingerprint density at radius 2 is 2.32 bits per heavy atom. The summed E-state index contributed by atoms with van der Waals surface area (Å²) in [6.07, 6.45) is 3.73. The summed E-state index contributed by atoms with van der Waals surface area (Å²) in [5, 5.41) is 4.43. The van der Waals surface area contributed by atoms with Crippen LogP contribution in [0.5, 0.6) is 0 Å². The molecule has 25 heavy (non-hydrogen) atoms. The summed E-state index contributed by atoms with van der Waals surface area (Å²) in [4.78, 5) is 17.3. The molecule has 1 saturated heterocycles. The second kappa shape index (κ2) is 9.67. The Bertz CT molecular complexity index is 711. The third-order valence-corrected chi connectivity index (χ3v) is 4.45. The van der Waals surface area contributed by atoms with Crippen LogP contribution in [0.4, 0.5) is 4.39 Å². The van der Waals surface area contributed by atoms with E-state index in [1.807, 2.05) is 4.90 Å². The number of carbonyl (C=O) groups is 1. The monoisotopic (exact) mass is 366 g/mol. The number of fused-ring (bicyclic) bond motifs is 1. The van der Waals surface area contributed by atoms with E-state index in [9.17, 15) is 9.18 Å². The zero-order valence-electron chi connectivity index (χ0n) is 14.1. The van der Waals surface area contributed by atoms with Crippen molar-refractivity contribution in [1.82, 2.24) is 15.2 Å². The summed E-state index contributed by atoms with van der Waals surface area (Å²) in [5.41, 5.74) is 5.29. The number of amides is 1. The average molecular weight is 366 g/mol. The smallest absolute Gasteiger partial charge is 0.236 e. The Labute approximate surface area is 150 Å². The quantitative estimate of drug-likeness (QED) is 0.705. The third kappa shape index (κ3) is 5.37. The Hall–Kier alpha value is -1.74. The number of nitrogens with one attached hydrogen (secondary N) is 1. The molecule has 1 aromatic carbocycles. The molecule has 1 unspecified atom stereocenters. The molecule has 0 spiro atoms. The number of hydrogen-bond acceptors (Lipinski definition) is 6. The van der Waals surface area contributed by atoms with Gasteiger partial charge in [-0.1, -0.05) is 12.1 Å². The number of nitrogens with zero attached hydrogens (tertiary/aromatic N) is 2. The van der Waals surface area contributed by atoms with Gasteiger partial charge in [0.2, 0.25) is 5.91 Å². The van der Waals surface area contributed by atoms with E-state index < -0.39 is 5.82 Å². The fraction of sp³-hybridized carbons (Fsp3) is 0.412.